The number of rotatable bonds is 6. The molecule has 0 unspecified atom stereocenters. The Morgan fingerprint density at radius 1 is 0.968 bits per heavy atom. The van der Waals surface area contributed by atoms with Crippen molar-refractivity contribution < 1.29 is 22.7 Å². The molecule has 1 aliphatic rings. The number of anilines is 2. The fourth-order valence-corrected chi connectivity index (χ4v) is 4.91. The summed E-state index contributed by atoms with van der Waals surface area (Å²) < 4.78 is 38.2. The summed E-state index contributed by atoms with van der Waals surface area (Å²) in [5, 5.41) is 2.87. The lowest BCUT2D eigenvalue weighted by Crippen LogP contribution is -2.38. The van der Waals surface area contributed by atoms with Crippen LogP contribution in [0.5, 0.6) is 11.5 Å². The maximum Gasteiger partial charge on any atom is 0.264 e. The number of amides is 1. The largest absolute Gasteiger partial charge is 0.454 e. The summed E-state index contributed by atoms with van der Waals surface area (Å²) >= 11 is 12.4. The van der Waals surface area contributed by atoms with Gasteiger partial charge in [-0.3, -0.25) is 9.10 Å². The molecule has 0 bridgehead atoms. The summed E-state index contributed by atoms with van der Waals surface area (Å²) in [6.07, 6.45) is 0. The molecular weight excluding hydrogens is 463 g/mol. The number of hydrogen-bond acceptors (Lipinski definition) is 5. The van der Waals surface area contributed by atoms with E-state index in [1.807, 2.05) is 0 Å². The van der Waals surface area contributed by atoms with E-state index < -0.39 is 22.5 Å². The van der Waals surface area contributed by atoms with Crippen molar-refractivity contribution in [2.45, 2.75) is 4.90 Å². The monoisotopic (exact) mass is 478 g/mol. The van der Waals surface area contributed by atoms with Gasteiger partial charge in [-0.1, -0.05) is 47.5 Å². The molecule has 0 spiro atoms. The molecule has 31 heavy (non-hydrogen) atoms. The third-order valence-electron chi connectivity index (χ3n) is 4.47. The van der Waals surface area contributed by atoms with Crippen molar-refractivity contribution >= 4 is 50.5 Å². The Bertz CT molecular complexity index is 1240. The normalized spacial score (nSPS) is 12.5. The van der Waals surface area contributed by atoms with Crippen LogP contribution in [-0.2, 0) is 14.8 Å². The molecular formula is C21H16Cl2N2O5S. The lowest BCUT2D eigenvalue weighted by Gasteiger charge is -2.25. The number of benzene rings is 3. The van der Waals surface area contributed by atoms with Crippen molar-refractivity contribution in [1.29, 1.82) is 0 Å². The van der Waals surface area contributed by atoms with Crippen LogP contribution in [0.25, 0.3) is 0 Å². The van der Waals surface area contributed by atoms with Gasteiger partial charge in [0, 0.05) is 11.8 Å². The Labute approximate surface area is 189 Å². The Morgan fingerprint density at radius 3 is 2.48 bits per heavy atom. The molecule has 0 fully saturated rings. The van der Waals surface area contributed by atoms with Crippen LogP contribution in [0.4, 0.5) is 11.4 Å². The Kier molecular flexibility index (Phi) is 5.95. The second-order valence-corrected chi connectivity index (χ2v) is 9.16. The first-order valence-corrected chi connectivity index (χ1v) is 11.3. The van der Waals surface area contributed by atoms with Crippen LogP contribution in [0, 0.1) is 0 Å². The first-order chi connectivity index (χ1) is 14.9. The quantitative estimate of drug-likeness (QED) is 0.561. The lowest BCUT2D eigenvalue weighted by atomic mass is 10.2. The minimum atomic E-state index is -4.11. The second-order valence-electron chi connectivity index (χ2n) is 6.51. The summed E-state index contributed by atoms with van der Waals surface area (Å²) in [5.41, 5.74) is 0.530. The molecule has 0 radical (unpaired) electrons. The number of fused-ring (bicyclic) bond motifs is 1. The molecule has 7 nitrogen and oxygen atoms in total. The van der Waals surface area contributed by atoms with Crippen molar-refractivity contribution in [3.8, 4) is 11.5 Å². The minimum absolute atomic E-state index is 0.0157. The highest BCUT2D eigenvalue weighted by molar-refractivity contribution is 7.92. The average molecular weight is 479 g/mol. The first kappa shape index (κ1) is 21.3. The molecule has 1 N–H and O–H groups in total. The predicted octanol–water partition coefficient (Wildman–Crippen LogP) is 4.56. The smallest absolute Gasteiger partial charge is 0.264 e. The van der Waals surface area contributed by atoms with Crippen molar-refractivity contribution in [3.05, 3.63) is 76.8 Å². The molecule has 160 valence electrons. The maximum atomic E-state index is 13.3. The van der Waals surface area contributed by atoms with Gasteiger partial charge in [0.25, 0.3) is 10.0 Å². The summed E-state index contributed by atoms with van der Waals surface area (Å²) in [4.78, 5) is 12.8. The van der Waals surface area contributed by atoms with Crippen LogP contribution in [0.1, 0.15) is 0 Å². The summed E-state index contributed by atoms with van der Waals surface area (Å²) in [6.45, 7) is -0.422. The van der Waals surface area contributed by atoms with Gasteiger partial charge >= 0.3 is 0 Å². The van der Waals surface area contributed by atoms with Crippen LogP contribution in [0.2, 0.25) is 10.0 Å². The maximum absolute atomic E-state index is 13.3. The van der Waals surface area contributed by atoms with E-state index in [1.165, 1.54) is 24.3 Å². The van der Waals surface area contributed by atoms with Crippen LogP contribution < -0.4 is 19.1 Å². The van der Waals surface area contributed by atoms with E-state index in [2.05, 4.69) is 5.32 Å². The Morgan fingerprint density at radius 2 is 1.71 bits per heavy atom. The molecule has 0 saturated carbocycles. The van der Waals surface area contributed by atoms with Crippen LogP contribution >= 0.6 is 23.2 Å². The molecule has 10 heteroatoms. The van der Waals surface area contributed by atoms with E-state index in [0.717, 1.165) is 4.31 Å². The number of carbonyl (C=O) groups is 1. The fourth-order valence-electron chi connectivity index (χ4n) is 3.01. The molecule has 0 atom stereocenters. The van der Waals surface area contributed by atoms with Crippen molar-refractivity contribution in [3.63, 3.8) is 0 Å². The Hall–Kier alpha value is -2.94. The molecule has 0 saturated heterocycles. The third-order valence-corrected chi connectivity index (χ3v) is 7.06. The van der Waals surface area contributed by atoms with Gasteiger partial charge < -0.3 is 14.8 Å². The number of nitrogens with one attached hydrogen (secondary N) is 1. The van der Waals surface area contributed by atoms with Crippen LogP contribution in [0.15, 0.2) is 71.6 Å². The van der Waals surface area contributed by atoms with Crippen LogP contribution in [0.3, 0.4) is 0 Å². The molecule has 3 aromatic carbocycles. The minimum Gasteiger partial charge on any atom is -0.454 e. The van der Waals surface area contributed by atoms with E-state index >= 15 is 0 Å². The molecule has 0 aliphatic carbocycles. The van der Waals surface area contributed by atoms with E-state index in [4.69, 9.17) is 32.7 Å². The number of sulfonamides is 1. The van der Waals surface area contributed by atoms with Crippen molar-refractivity contribution in [2.24, 2.45) is 0 Å². The first-order valence-electron chi connectivity index (χ1n) is 9.07. The molecule has 3 aromatic rings. The van der Waals surface area contributed by atoms with Gasteiger partial charge in [0.05, 0.1) is 20.6 Å². The number of hydrogen-bond donors (Lipinski definition) is 1. The SMILES string of the molecule is O=C(CN(c1cccc(Cl)c1Cl)S(=O)(=O)c1ccccc1)Nc1ccc2c(c1)OCO2. The fraction of sp³-hybridized carbons (Fsp3) is 0.0952. The second kappa shape index (κ2) is 8.66. The lowest BCUT2D eigenvalue weighted by molar-refractivity contribution is -0.114. The summed E-state index contributed by atoms with van der Waals surface area (Å²) in [6, 6.07) is 17.2. The number of ether oxygens (including phenoxy) is 2. The number of carbonyl (C=O) groups excluding carboxylic acids is 1. The van der Waals surface area contributed by atoms with Gasteiger partial charge in [-0.05, 0) is 36.4 Å². The highest BCUT2D eigenvalue weighted by atomic mass is 35.5. The predicted molar refractivity (Wildman–Crippen MR) is 119 cm³/mol. The molecule has 4 rings (SSSR count). The van der Waals surface area contributed by atoms with Gasteiger partial charge in [-0.15, -0.1) is 0 Å². The molecule has 1 heterocycles. The Balaban J connectivity index is 1.66. The molecule has 1 aliphatic heterocycles. The van der Waals surface area contributed by atoms with Crippen molar-refractivity contribution in [2.75, 3.05) is 23.0 Å². The average Bonchev–Trinajstić information content (AvgIpc) is 3.23. The zero-order chi connectivity index (χ0) is 22.0. The van der Waals surface area contributed by atoms with E-state index in [9.17, 15) is 13.2 Å². The van der Waals surface area contributed by atoms with Gasteiger partial charge in [0.2, 0.25) is 12.7 Å². The van der Waals surface area contributed by atoms with Gasteiger partial charge in [0.15, 0.2) is 11.5 Å². The zero-order valence-electron chi connectivity index (χ0n) is 15.9. The van der Waals surface area contributed by atoms with E-state index in [1.54, 1.807) is 42.5 Å². The topological polar surface area (TPSA) is 84.9 Å². The molecule has 0 aromatic heterocycles. The zero-order valence-corrected chi connectivity index (χ0v) is 18.2. The van der Waals surface area contributed by atoms with Gasteiger partial charge in [-0.25, -0.2) is 8.42 Å². The third kappa shape index (κ3) is 4.41. The van der Waals surface area contributed by atoms with Crippen LogP contribution in [-0.4, -0.2) is 27.7 Å². The summed E-state index contributed by atoms with van der Waals surface area (Å²) in [5.74, 6) is 0.482. The highest BCUT2D eigenvalue weighted by Gasteiger charge is 2.29. The number of halogens is 2. The van der Waals surface area contributed by atoms with E-state index in [-0.39, 0.29) is 27.4 Å². The van der Waals surface area contributed by atoms with E-state index in [0.29, 0.717) is 17.2 Å². The highest BCUT2D eigenvalue weighted by Crippen LogP contribution is 2.36. The molecule has 1 amide bonds. The van der Waals surface area contributed by atoms with Crippen molar-refractivity contribution in [1.82, 2.24) is 0 Å². The van der Waals surface area contributed by atoms with Gasteiger partial charge in [-0.2, -0.15) is 0 Å². The number of nitrogens with zero attached hydrogens (tertiary/aromatic N) is 1. The standard InChI is InChI=1S/C21H16Cl2N2O5S/c22-16-7-4-8-17(21(16)23)25(31(27,28)15-5-2-1-3-6-15)12-20(26)24-14-9-10-18-19(11-14)30-13-29-18/h1-11H,12-13H2,(H,24,26). The van der Waals surface area contributed by atoms with Gasteiger partial charge in [0.1, 0.15) is 6.54 Å². The summed E-state index contributed by atoms with van der Waals surface area (Å²) in [7, 11) is -4.11.